The zero-order chi connectivity index (χ0) is 12.8. The average molecular weight is 242 g/mol. The van der Waals surface area contributed by atoms with E-state index < -0.39 is 6.04 Å². The van der Waals surface area contributed by atoms with Gasteiger partial charge in [0.15, 0.2) is 0 Å². The number of esters is 1. The van der Waals surface area contributed by atoms with E-state index in [1.54, 1.807) is 13.8 Å². The van der Waals surface area contributed by atoms with Gasteiger partial charge in [-0.3, -0.25) is 4.79 Å². The van der Waals surface area contributed by atoms with Gasteiger partial charge in [0.1, 0.15) is 6.04 Å². The third-order valence-corrected chi connectivity index (χ3v) is 2.74. The lowest BCUT2D eigenvalue weighted by Crippen LogP contribution is -2.48. The molecule has 0 aromatic rings. The highest BCUT2D eigenvalue weighted by Crippen LogP contribution is 2.06. The molecule has 0 aromatic carbocycles. The monoisotopic (exact) mass is 242 g/mol. The summed E-state index contributed by atoms with van der Waals surface area (Å²) in [5.41, 5.74) is 0. The standard InChI is InChI=1S/C12H22N2O3/c1-4-9(12(16)17-8(2)3)14-11(15)10-6-5-7-13-10/h8-10,13H,4-7H2,1-3H3,(H,14,15)/t9?,10-/m0/s1. The van der Waals surface area contributed by atoms with E-state index in [1.807, 2.05) is 6.92 Å². The van der Waals surface area contributed by atoms with Crippen LogP contribution in [0.2, 0.25) is 0 Å². The molecule has 98 valence electrons. The van der Waals surface area contributed by atoms with E-state index in [4.69, 9.17) is 4.74 Å². The first-order valence-corrected chi connectivity index (χ1v) is 6.28. The third-order valence-electron chi connectivity index (χ3n) is 2.74. The van der Waals surface area contributed by atoms with Crippen molar-refractivity contribution in [3.05, 3.63) is 0 Å². The molecule has 0 aliphatic carbocycles. The van der Waals surface area contributed by atoms with Gasteiger partial charge in [0.05, 0.1) is 12.1 Å². The van der Waals surface area contributed by atoms with E-state index in [1.165, 1.54) is 0 Å². The number of carbonyl (C=O) groups excluding carboxylic acids is 2. The van der Waals surface area contributed by atoms with Crippen LogP contribution in [0.1, 0.15) is 40.0 Å². The third kappa shape index (κ3) is 4.34. The van der Waals surface area contributed by atoms with Crippen molar-refractivity contribution in [3.8, 4) is 0 Å². The van der Waals surface area contributed by atoms with Crippen molar-refractivity contribution in [2.24, 2.45) is 0 Å². The van der Waals surface area contributed by atoms with Crippen LogP contribution in [0.4, 0.5) is 0 Å². The first-order chi connectivity index (χ1) is 8.04. The van der Waals surface area contributed by atoms with Crippen molar-refractivity contribution >= 4 is 11.9 Å². The van der Waals surface area contributed by atoms with Gasteiger partial charge in [0.25, 0.3) is 0 Å². The summed E-state index contributed by atoms with van der Waals surface area (Å²) in [7, 11) is 0. The lowest BCUT2D eigenvalue weighted by atomic mass is 10.1. The highest BCUT2D eigenvalue weighted by atomic mass is 16.5. The number of rotatable bonds is 5. The Morgan fingerprint density at radius 2 is 2.18 bits per heavy atom. The van der Waals surface area contributed by atoms with Gasteiger partial charge in [0.2, 0.25) is 5.91 Å². The molecule has 1 fully saturated rings. The first-order valence-electron chi connectivity index (χ1n) is 6.28. The summed E-state index contributed by atoms with van der Waals surface area (Å²) in [6.07, 6.45) is 2.23. The molecule has 0 spiro atoms. The maximum absolute atomic E-state index is 11.8. The van der Waals surface area contributed by atoms with Crippen LogP contribution in [0, 0.1) is 0 Å². The fourth-order valence-electron chi connectivity index (χ4n) is 1.82. The Morgan fingerprint density at radius 1 is 1.47 bits per heavy atom. The van der Waals surface area contributed by atoms with Gasteiger partial charge in [0, 0.05) is 0 Å². The molecule has 1 saturated heterocycles. The Labute approximate surface area is 102 Å². The molecule has 2 N–H and O–H groups in total. The normalized spacial score (nSPS) is 21.3. The second-order valence-electron chi connectivity index (χ2n) is 4.60. The molecule has 1 heterocycles. The summed E-state index contributed by atoms with van der Waals surface area (Å²) in [6, 6.07) is -0.691. The number of amides is 1. The molecule has 1 unspecified atom stereocenters. The van der Waals surface area contributed by atoms with Crippen molar-refractivity contribution in [1.82, 2.24) is 10.6 Å². The SMILES string of the molecule is CCC(NC(=O)[C@@H]1CCCN1)C(=O)OC(C)C. The quantitative estimate of drug-likeness (QED) is 0.692. The predicted octanol–water partition coefficient (Wildman–Crippen LogP) is 0.585. The summed E-state index contributed by atoms with van der Waals surface area (Å²) in [5.74, 6) is -0.455. The lowest BCUT2D eigenvalue weighted by molar-refractivity contribution is -0.151. The number of hydrogen-bond acceptors (Lipinski definition) is 4. The van der Waals surface area contributed by atoms with Crippen LogP contribution in [-0.4, -0.2) is 36.6 Å². The molecule has 0 aromatic heterocycles. The molecule has 0 bridgehead atoms. The summed E-state index contributed by atoms with van der Waals surface area (Å²) < 4.78 is 5.09. The highest BCUT2D eigenvalue weighted by molar-refractivity contribution is 5.87. The van der Waals surface area contributed by atoms with Crippen LogP contribution in [0.15, 0.2) is 0 Å². The second-order valence-corrected chi connectivity index (χ2v) is 4.60. The molecule has 1 rings (SSSR count). The molecule has 1 aliphatic rings. The van der Waals surface area contributed by atoms with E-state index in [2.05, 4.69) is 10.6 Å². The molecule has 17 heavy (non-hydrogen) atoms. The largest absolute Gasteiger partial charge is 0.461 e. The molecular formula is C12H22N2O3. The smallest absolute Gasteiger partial charge is 0.328 e. The van der Waals surface area contributed by atoms with Crippen LogP contribution >= 0.6 is 0 Å². The summed E-state index contributed by atoms with van der Waals surface area (Å²) in [5, 5.41) is 5.84. The van der Waals surface area contributed by atoms with E-state index >= 15 is 0 Å². The first kappa shape index (κ1) is 14.0. The Hall–Kier alpha value is -1.10. The zero-order valence-electron chi connectivity index (χ0n) is 10.8. The molecule has 5 heteroatoms. The number of ether oxygens (including phenoxy) is 1. The van der Waals surface area contributed by atoms with Crippen molar-refractivity contribution in [1.29, 1.82) is 0 Å². The Balaban J connectivity index is 2.45. The minimum absolute atomic E-state index is 0.102. The van der Waals surface area contributed by atoms with Gasteiger partial charge in [-0.2, -0.15) is 0 Å². The summed E-state index contributed by atoms with van der Waals surface area (Å²) >= 11 is 0. The van der Waals surface area contributed by atoms with Gasteiger partial charge < -0.3 is 15.4 Å². The molecule has 1 amide bonds. The number of carbonyl (C=O) groups is 2. The topological polar surface area (TPSA) is 67.4 Å². The van der Waals surface area contributed by atoms with Crippen LogP contribution in [0.5, 0.6) is 0 Å². The van der Waals surface area contributed by atoms with Crippen molar-refractivity contribution < 1.29 is 14.3 Å². The average Bonchev–Trinajstić information content (AvgIpc) is 2.77. The minimum Gasteiger partial charge on any atom is -0.461 e. The lowest BCUT2D eigenvalue weighted by Gasteiger charge is -2.19. The second kappa shape index (κ2) is 6.59. The number of hydrogen-bond donors (Lipinski definition) is 2. The molecule has 0 radical (unpaired) electrons. The fourth-order valence-corrected chi connectivity index (χ4v) is 1.82. The van der Waals surface area contributed by atoms with Crippen LogP contribution in [-0.2, 0) is 14.3 Å². The van der Waals surface area contributed by atoms with Crippen LogP contribution in [0.3, 0.4) is 0 Å². The fraction of sp³-hybridized carbons (Fsp3) is 0.833. The Bertz CT molecular complexity index is 273. The predicted molar refractivity (Wildman–Crippen MR) is 64.5 cm³/mol. The Morgan fingerprint density at radius 3 is 2.65 bits per heavy atom. The molecule has 1 aliphatic heterocycles. The van der Waals surface area contributed by atoms with Crippen molar-refractivity contribution in [2.45, 2.75) is 58.2 Å². The molecule has 0 saturated carbocycles. The minimum atomic E-state index is -0.535. The van der Waals surface area contributed by atoms with Crippen molar-refractivity contribution in [3.63, 3.8) is 0 Å². The molecule has 5 nitrogen and oxygen atoms in total. The summed E-state index contributed by atoms with van der Waals surface area (Å²) in [6.45, 7) is 6.32. The van der Waals surface area contributed by atoms with Crippen molar-refractivity contribution in [2.75, 3.05) is 6.54 Å². The summed E-state index contributed by atoms with van der Waals surface area (Å²) in [4.78, 5) is 23.5. The van der Waals surface area contributed by atoms with Crippen LogP contribution < -0.4 is 10.6 Å². The molecule has 2 atom stereocenters. The molecular weight excluding hydrogens is 220 g/mol. The van der Waals surface area contributed by atoms with Gasteiger partial charge in [-0.05, 0) is 39.7 Å². The van der Waals surface area contributed by atoms with Gasteiger partial charge >= 0.3 is 5.97 Å². The van der Waals surface area contributed by atoms with E-state index in [9.17, 15) is 9.59 Å². The van der Waals surface area contributed by atoms with Gasteiger partial charge in [-0.15, -0.1) is 0 Å². The van der Waals surface area contributed by atoms with E-state index in [0.717, 1.165) is 19.4 Å². The van der Waals surface area contributed by atoms with Gasteiger partial charge in [-0.25, -0.2) is 4.79 Å². The van der Waals surface area contributed by atoms with E-state index in [0.29, 0.717) is 6.42 Å². The zero-order valence-corrected chi connectivity index (χ0v) is 10.8. The Kier molecular flexibility index (Phi) is 5.41. The maximum atomic E-state index is 11.8. The number of nitrogens with one attached hydrogen (secondary N) is 2. The highest BCUT2D eigenvalue weighted by Gasteiger charge is 2.27. The van der Waals surface area contributed by atoms with Crippen LogP contribution in [0.25, 0.3) is 0 Å². The van der Waals surface area contributed by atoms with Gasteiger partial charge in [-0.1, -0.05) is 6.92 Å². The maximum Gasteiger partial charge on any atom is 0.328 e. The van der Waals surface area contributed by atoms with E-state index in [-0.39, 0.29) is 24.0 Å².